The summed E-state index contributed by atoms with van der Waals surface area (Å²) in [6.07, 6.45) is 3.46. The van der Waals surface area contributed by atoms with Crippen molar-refractivity contribution in [2.75, 3.05) is 5.73 Å². The van der Waals surface area contributed by atoms with Gasteiger partial charge in [-0.2, -0.15) is 5.10 Å². The molecule has 4 nitrogen and oxygen atoms in total. The molecule has 0 amide bonds. The van der Waals surface area contributed by atoms with Crippen molar-refractivity contribution in [3.05, 3.63) is 42.0 Å². The molecule has 6 heteroatoms. The van der Waals surface area contributed by atoms with Crippen molar-refractivity contribution < 1.29 is 8.60 Å². The molecule has 0 aliphatic rings. The zero-order chi connectivity index (χ0) is 13.1. The largest absolute Gasteiger partial charge is 0.399 e. The summed E-state index contributed by atoms with van der Waals surface area (Å²) in [5, 5.41) is 4.09. The van der Waals surface area contributed by atoms with Gasteiger partial charge in [0.15, 0.2) is 0 Å². The van der Waals surface area contributed by atoms with E-state index in [-0.39, 0.29) is 10.6 Å². The third-order valence-electron chi connectivity index (χ3n) is 2.51. The lowest BCUT2D eigenvalue weighted by Gasteiger charge is -2.03. The Kier molecular flexibility index (Phi) is 3.76. The Labute approximate surface area is 107 Å². The van der Waals surface area contributed by atoms with Gasteiger partial charge in [0.1, 0.15) is 5.82 Å². The molecule has 96 valence electrons. The number of nitrogens with two attached hydrogens (primary N) is 1. The second-order valence-corrected chi connectivity index (χ2v) is 5.30. The van der Waals surface area contributed by atoms with Crippen LogP contribution in [0.3, 0.4) is 0 Å². The molecule has 1 heterocycles. The fourth-order valence-electron chi connectivity index (χ4n) is 1.58. The zero-order valence-corrected chi connectivity index (χ0v) is 10.8. The summed E-state index contributed by atoms with van der Waals surface area (Å²) in [4.78, 5) is 0.174. The van der Waals surface area contributed by atoms with Crippen molar-refractivity contribution in [3.63, 3.8) is 0 Å². The molecule has 0 spiro atoms. The highest BCUT2D eigenvalue weighted by Crippen LogP contribution is 2.18. The van der Waals surface area contributed by atoms with E-state index >= 15 is 0 Å². The van der Waals surface area contributed by atoms with Crippen LogP contribution in [-0.4, -0.2) is 14.0 Å². The molecule has 0 fully saturated rings. The quantitative estimate of drug-likeness (QED) is 0.861. The first-order chi connectivity index (χ1) is 8.60. The highest BCUT2D eigenvalue weighted by atomic mass is 32.2. The third-order valence-corrected chi connectivity index (χ3v) is 3.93. The maximum Gasteiger partial charge on any atom is 0.141 e. The molecule has 2 N–H and O–H groups in total. The molecule has 0 aliphatic heterocycles. The van der Waals surface area contributed by atoms with Crippen LogP contribution in [0.5, 0.6) is 0 Å². The maximum atomic E-state index is 13.6. The number of hydrogen-bond acceptors (Lipinski definition) is 3. The average Bonchev–Trinajstić information content (AvgIpc) is 2.76. The second-order valence-electron chi connectivity index (χ2n) is 3.88. The van der Waals surface area contributed by atoms with Crippen LogP contribution in [0, 0.1) is 5.82 Å². The summed E-state index contributed by atoms with van der Waals surface area (Å²) < 4.78 is 27.4. The van der Waals surface area contributed by atoms with Gasteiger partial charge < -0.3 is 5.73 Å². The smallest absolute Gasteiger partial charge is 0.141 e. The van der Waals surface area contributed by atoms with E-state index in [1.807, 2.05) is 13.1 Å². The summed E-state index contributed by atoms with van der Waals surface area (Å²) in [5.74, 6) is -0.280. The molecule has 1 atom stereocenters. The third kappa shape index (κ3) is 2.76. The van der Waals surface area contributed by atoms with Crippen LogP contribution in [0.4, 0.5) is 10.1 Å². The Bertz CT molecular complexity index is 582. The van der Waals surface area contributed by atoms with E-state index in [1.54, 1.807) is 16.9 Å². The van der Waals surface area contributed by atoms with Gasteiger partial charge in [-0.3, -0.25) is 8.89 Å². The molecule has 1 aromatic heterocycles. The molecule has 2 rings (SSSR count). The number of anilines is 1. The monoisotopic (exact) mass is 267 g/mol. The Balaban J connectivity index is 2.16. The number of nitrogen functional groups attached to an aromatic ring is 1. The SMILES string of the molecule is CCn1cc(CS(=O)c2ccc(N)cc2F)cn1. The summed E-state index contributed by atoms with van der Waals surface area (Å²) >= 11 is 0. The summed E-state index contributed by atoms with van der Waals surface area (Å²) in [5.41, 5.74) is 6.60. The summed E-state index contributed by atoms with van der Waals surface area (Å²) in [6, 6.07) is 4.19. The normalized spacial score (nSPS) is 12.6. The predicted molar refractivity (Wildman–Crippen MR) is 68.8 cm³/mol. The van der Waals surface area contributed by atoms with Crippen molar-refractivity contribution >= 4 is 16.5 Å². The van der Waals surface area contributed by atoms with Crippen LogP contribution in [0.1, 0.15) is 12.5 Å². The first-order valence-corrected chi connectivity index (χ1v) is 6.86. The van der Waals surface area contributed by atoms with E-state index in [9.17, 15) is 8.60 Å². The average molecular weight is 267 g/mol. The summed E-state index contributed by atoms with van der Waals surface area (Å²) in [7, 11) is -1.43. The van der Waals surface area contributed by atoms with Gasteiger partial charge in [-0.05, 0) is 25.1 Å². The van der Waals surface area contributed by atoms with Gasteiger partial charge in [-0.1, -0.05) is 0 Å². The molecule has 2 aromatic rings. The highest BCUT2D eigenvalue weighted by Gasteiger charge is 2.12. The minimum absolute atomic E-state index is 0.174. The van der Waals surface area contributed by atoms with E-state index in [4.69, 9.17) is 5.73 Å². The van der Waals surface area contributed by atoms with Gasteiger partial charge in [-0.25, -0.2) is 4.39 Å². The minimum atomic E-state index is -1.43. The molecular weight excluding hydrogens is 253 g/mol. The predicted octanol–water partition coefficient (Wildman–Crippen LogP) is 1.93. The van der Waals surface area contributed by atoms with Gasteiger partial charge in [0, 0.05) is 24.0 Å². The van der Waals surface area contributed by atoms with Crippen LogP contribution in [0.15, 0.2) is 35.5 Å². The fourth-order valence-corrected chi connectivity index (χ4v) is 2.69. The van der Waals surface area contributed by atoms with E-state index in [1.165, 1.54) is 12.1 Å². The Hall–Kier alpha value is -1.69. The fraction of sp³-hybridized carbons (Fsp3) is 0.250. The first kappa shape index (κ1) is 12.8. The molecular formula is C12H14FN3OS. The lowest BCUT2D eigenvalue weighted by atomic mass is 10.3. The number of rotatable bonds is 4. The van der Waals surface area contributed by atoms with Gasteiger partial charge in [0.2, 0.25) is 0 Å². The molecule has 0 saturated carbocycles. The summed E-state index contributed by atoms with van der Waals surface area (Å²) in [6.45, 7) is 2.72. The van der Waals surface area contributed by atoms with Crippen LogP contribution >= 0.6 is 0 Å². The van der Waals surface area contributed by atoms with Crippen LogP contribution in [0.2, 0.25) is 0 Å². The first-order valence-electron chi connectivity index (χ1n) is 5.55. The zero-order valence-electron chi connectivity index (χ0n) is 9.97. The van der Waals surface area contributed by atoms with E-state index < -0.39 is 16.6 Å². The van der Waals surface area contributed by atoms with Crippen LogP contribution in [0.25, 0.3) is 0 Å². The number of aromatic nitrogens is 2. The Morgan fingerprint density at radius 1 is 1.50 bits per heavy atom. The van der Waals surface area contributed by atoms with Gasteiger partial charge in [0.25, 0.3) is 0 Å². The Morgan fingerprint density at radius 3 is 2.89 bits per heavy atom. The number of nitrogens with zero attached hydrogens (tertiary/aromatic N) is 2. The molecule has 0 radical (unpaired) electrons. The topological polar surface area (TPSA) is 60.9 Å². The molecule has 18 heavy (non-hydrogen) atoms. The van der Waals surface area contributed by atoms with Gasteiger partial charge in [-0.15, -0.1) is 0 Å². The molecule has 1 unspecified atom stereocenters. The van der Waals surface area contributed by atoms with E-state index in [2.05, 4.69) is 5.10 Å². The number of benzene rings is 1. The lowest BCUT2D eigenvalue weighted by molar-refractivity contribution is 0.596. The number of halogens is 1. The lowest BCUT2D eigenvalue weighted by Crippen LogP contribution is -2.00. The van der Waals surface area contributed by atoms with Gasteiger partial charge >= 0.3 is 0 Å². The molecule has 0 saturated heterocycles. The van der Waals surface area contributed by atoms with E-state index in [0.717, 1.165) is 12.1 Å². The number of hydrogen-bond donors (Lipinski definition) is 1. The standard InChI is InChI=1S/C12H14FN3OS/c1-2-16-7-9(6-15-16)8-18(17)12-4-3-10(14)5-11(12)13/h3-7H,2,8,14H2,1H3. The van der Waals surface area contributed by atoms with Crippen molar-refractivity contribution in [3.8, 4) is 0 Å². The van der Waals surface area contributed by atoms with Crippen molar-refractivity contribution in [2.45, 2.75) is 24.1 Å². The number of aryl methyl sites for hydroxylation is 1. The van der Waals surface area contributed by atoms with Crippen LogP contribution in [-0.2, 0) is 23.1 Å². The minimum Gasteiger partial charge on any atom is -0.399 e. The molecule has 0 aliphatic carbocycles. The van der Waals surface area contributed by atoms with Gasteiger partial charge in [0.05, 0.1) is 27.6 Å². The van der Waals surface area contributed by atoms with E-state index in [0.29, 0.717) is 5.69 Å². The maximum absolute atomic E-state index is 13.6. The molecule has 1 aromatic carbocycles. The van der Waals surface area contributed by atoms with Crippen molar-refractivity contribution in [1.29, 1.82) is 0 Å². The van der Waals surface area contributed by atoms with Crippen LogP contribution < -0.4 is 5.73 Å². The second kappa shape index (κ2) is 5.30. The van der Waals surface area contributed by atoms with Crippen molar-refractivity contribution in [2.24, 2.45) is 0 Å². The van der Waals surface area contributed by atoms with Crippen molar-refractivity contribution in [1.82, 2.24) is 9.78 Å². The Morgan fingerprint density at radius 2 is 2.28 bits per heavy atom. The molecule has 0 bridgehead atoms. The highest BCUT2D eigenvalue weighted by molar-refractivity contribution is 7.84.